The van der Waals surface area contributed by atoms with Crippen molar-refractivity contribution in [2.24, 2.45) is 0 Å². The molecule has 128 valence electrons. The van der Waals surface area contributed by atoms with Crippen LogP contribution in [0.25, 0.3) is 0 Å². The summed E-state index contributed by atoms with van der Waals surface area (Å²) in [5.41, 5.74) is 1.32. The van der Waals surface area contributed by atoms with Crippen LogP contribution < -0.4 is 10.1 Å². The Hall–Kier alpha value is -2.34. The van der Waals surface area contributed by atoms with Gasteiger partial charge in [0.15, 0.2) is 6.61 Å². The van der Waals surface area contributed by atoms with E-state index in [4.69, 9.17) is 4.74 Å². The Labute approximate surface area is 144 Å². The van der Waals surface area contributed by atoms with Crippen molar-refractivity contribution in [2.75, 3.05) is 6.61 Å². The minimum atomic E-state index is -3.15. The highest BCUT2D eigenvalue weighted by Gasteiger charge is 2.46. The van der Waals surface area contributed by atoms with Gasteiger partial charge >= 0.3 is 12.0 Å². The SMILES string of the molecule is Cl.O=C1N[C@H](c2ccc(OCc3ccccc3)cc2)C(F)(F)CO1. The molecule has 0 aromatic heterocycles. The number of ether oxygens (including phenoxy) is 2. The van der Waals surface area contributed by atoms with Gasteiger partial charge in [-0.25, -0.2) is 13.6 Å². The van der Waals surface area contributed by atoms with Gasteiger partial charge in [-0.15, -0.1) is 12.4 Å². The number of halogens is 3. The van der Waals surface area contributed by atoms with E-state index in [9.17, 15) is 13.6 Å². The number of alkyl halides is 2. The number of alkyl carbamates (subject to hydrolysis) is 1. The lowest BCUT2D eigenvalue weighted by Gasteiger charge is -2.31. The highest BCUT2D eigenvalue weighted by molar-refractivity contribution is 5.85. The van der Waals surface area contributed by atoms with Crippen molar-refractivity contribution in [3.63, 3.8) is 0 Å². The summed E-state index contributed by atoms with van der Waals surface area (Å²) < 4.78 is 37.6. The predicted molar refractivity (Wildman–Crippen MR) is 86.6 cm³/mol. The molecule has 0 saturated carbocycles. The van der Waals surface area contributed by atoms with E-state index in [1.807, 2.05) is 30.3 Å². The molecule has 1 aliphatic rings. The molecule has 2 aromatic rings. The van der Waals surface area contributed by atoms with Crippen LogP contribution in [0.5, 0.6) is 5.75 Å². The fraction of sp³-hybridized carbons (Fsp3) is 0.235. The number of hydrogen-bond donors (Lipinski definition) is 1. The average molecular weight is 356 g/mol. The minimum absolute atomic E-state index is 0. The lowest BCUT2D eigenvalue weighted by atomic mass is 10.00. The van der Waals surface area contributed by atoms with Gasteiger partial charge in [0.05, 0.1) is 0 Å². The Balaban J connectivity index is 0.00000208. The molecule has 0 radical (unpaired) electrons. The van der Waals surface area contributed by atoms with E-state index < -0.39 is 24.7 Å². The van der Waals surface area contributed by atoms with Crippen LogP contribution >= 0.6 is 12.4 Å². The fourth-order valence-corrected chi connectivity index (χ4v) is 2.33. The molecule has 1 heterocycles. The molecule has 0 spiro atoms. The zero-order valence-electron chi connectivity index (χ0n) is 12.6. The molecule has 0 bridgehead atoms. The van der Waals surface area contributed by atoms with Crippen molar-refractivity contribution in [1.29, 1.82) is 0 Å². The van der Waals surface area contributed by atoms with Gasteiger partial charge in [-0.3, -0.25) is 0 Å². The topological polar surface area (TPSA) is 47.6 Å². The number of hydrogen-bond acceptors (Lipinski definition) is 3. The molecule has 1 fully saturated rings. The molecule has 1 atom stereocenters. The van der Waals surface area contributed by atoms with Crippen LogP contribution in [0, 0.1) is 0 Å². The molecule has 2 aromatic carbocycles. The fourth-order valence-electron chi connectivity index (χ4n) is 2.33. The van der Waals surface area contributed by atoms with Crippen LogP contribution in [0.15, 0.2) is 54.6 Å². The maximum Gasteiger partial charge on any atom is 0.408 e. The van der Waals surface area contributed by atoms with E-state index in [2.05, 4.69) is 10.1 Å². The average Bonchev–Trinajstić information content (AvgIpc) is 2.57. The van der Waals surface area contributed by atoms with E-state index in [1.165, 1.54) is 12.1 Å². The third-order valence-electron chi connectivity index (χ3n) is 3.54. The molecule has 0 unspecified atom stereocenters. The van der Waals surface area contributed by atoms with Gasteiger partial charge in [-0.1, -0.05) is 42.5 Å². The Kier molecular flexibility index (Phi) is 5.62. The van der Waals surface area contributed by atoms with Crippen LogP contribution in [0.1, 0.15) is 17.2 Å². The molecule has 7 heteroatoms. The van der Waals surface area contributed by atoms with E-state index in [0.29, 0.717) is 17.9 Å². The molecule has 1 amide bonds. The summed E-state index contributed by atoms with van der Waals surface area (Å²) in [4.78, 5) is 11.2. The Morgan fingerprint density at radius 3 is 2.46 bits per heavy atom. The first-order chi connectivity index (χ1) is 11.0. The number of cyclic esters (lactones) is 1. The summed E-state index contributed by atoms with van der Waals surface area (Å²) in [6.07, 6.45) is -0.842. The Bertz CT molecular complexity index is 680. The second kappa shape index (κ2) is 7.49. The normalized spacial score (nSPS) is 18.8. The van der Waals surface area contributed by atoms with Crippen molar-refractivity contribution in [1.82, 2.24) is 5.32 Å². The van der Waals surface area contributed by atoms with Crippen LogP contribution in [0.4, 0.5) is 13.6 Å². The van der Waals surface area contributed by atoms with Gasteiger partial charge in [0.2, 0.25) is 0 Å². The lowest BCUT2D eigenvalue weighted by molar-refractivity contribution is -0.104. The Morgan fingerprint density at radius 2 is 1.79 bits per heavy atom. The quantitative estimate of drug-likeness (QED) is 0.898. The molecule has 4 nitrogen and oxygen atoms in total. The highest BCUT2D eigenvalue weighted by atomic mass is 35.5. The number of rotatable bonds is 4. The highest BCUT2D eigenvalue weighted by Crippen LogP contribution is 2.35. The molecular weight excluding hydrogens is 340 g/mol. The maximum atomic E-state index is 13.8. The van der Waals surface area contributed by atoms with Crippen molar-refractivity contribution in [3.05, 3.63) is 65.7 Å². The van der Waals surface area contributed by atoms with Crippen molar-refractivity contribution >= 4 is 18.5 Å². The molecule has 1 saturated heterocycles. The lowest BCUT2D eigenvalue weighted by Crippen LogP contribution is -2.49. The summed E-state index contributed by atoms with van der Waals surface area (Å²) in [5.74, 6) is -2.58. The standard InChI is InChI=1S/C17H15F2NO3.ClH/c18-17(19)11-23-16(21)20-15(17)13-6-8-14(9-7-13)22-10-12-4-2-1-3-5-12;/h1-9,15H,10-11H2,(H,20,21);1H/t15-;/m1./s1. The minimum Gasteiger partial charge on any atom is -0.489 e. The van der Waals surface area contributed by atoms with Gasteiger partial charge in [-0.05, 0) is 23.3 Å². The number of carbonyl (C=O) groups excluding carboxylic acids is 1. The molecular formula is C17H16ClF2NO3. The van der Waals surface area contributed by atoms with Crippen molar-refractivity contribution < 1.29 is 23.0 Å². The van der Waals surface area contributed by atoms with Crippen LogP contribution in [0.2, 0.25) is 0 Å². The van der Waals surface area contributed by atoms with Crippen molar-refractivity contribution in [2.45, 2.75) is 18.6 Å². The van der Waals surface area contributed by atoms with Gasteiger partial charge in [-0.2, -0.15) is 0 Å². The van der Waals surface area contributed by atoms with Crippen molar-refractivity contribution in [3.8, 4) is 5.75 Å². The zero-order chi connectivity index (χ0) is 16.3. The number of benzene rings is 2. The molecule has 24 heavy (non-hydrogen) atoms. The molecule has 0 aliphatic carbocycles. The second-order valence-electron chi connectivity index (χ2n) is 5.26. The summed E-state index contributed by atoms with van der Waals surface area (Å²) in [6.45, 7) is -0.528. The number of amides is 1. The monoisotopic (exact) mass is 355 g/mol. The number of nitrogens with one attached hydrogen (secondary N) is 1. The molecule has 1 N–H and O–H groups in total. The molecule has 1 aliphatic heterocycles. The van der Waals surface area contributed by atoms with Crippen LogP contribution in [-0.2, 0) is 11.3 Å². The zero-order valence-corrected chi connectivity index (χ0v) is 13.4. The largest absolute Gasteiger partial charge is 0.489 e. The Morgan fingerprint density at radius 1 is 1.12 bits per heavy atom. The first-order valence-corrected chi connectivity index (χ1v) is 7.12. The smallest absolute Gasteiger partial charge is 0.408 e. The van der Waals surface area contributed by atoms with Crippen LogP contribution in [-0.4, -0.2) is 18.6 Å². The van der Waals surface area contributed by atoms with E-state index in [0.717, 1.165) is 5.56 Å². The molecule has 3 rings (SSSR count). The maximum absolute atomic E-state index is 13.8. The number of carbonyl (C=O) groups is 1. The van der Waals surface area contributed by atoms with Gasteiger partial charge in [0.1, 0.15) is 18.4 Å². The van der Waals surface area contributed by atoms with E-state index >= 15 is 0 Å². The van der Waals surface area contributed by atoms with Crippen LogP contribution in [0.3, 0.4) is 0 Å². The summed E-state index contributed by atoms with van der Waals surface area (Å²) in [7, 11) is 0. The summed E-state index contributed by atoms with van der Waals surface area (Å²) in [5, 5.41) is 2.15. The summed E-state index contributed by atoms with van der Waals surface area (Å²) >= 11 is 0. The van der Waals surface area contributed by atoms with Gasteiger partial charge in [0, 0.05) is 0 Å². The first-order valence-electron chi connectivity index (χ1n) is 7.12. The van der Waals surface area contributed by atoms with E-state index in [1.54, 1.807) is 12.1 Å². The van der Waals surface area contributed by atoms with Gasteiger partial charge < -0.3 is 14.8 Å². The second-order valence-corrected chi connectivity index (χ2v) is 5.26. The third-order valence-corrected chi connectivity index (χ3v) is 3.54. The third kappa shape index (κ3) is 4.14. The predicted octanol–water partition coefficient (Wildman–Crippen LogP) is 4.10. The first kappa shape index (κ1) is 18.0. The van der Waals surface area contributed by atoms with E-state index in [-0.39, 0.29) is 12.4 Å². The van der Waals surface area contributed by atoms with Gasteiger partial charge in [0.25, 0.3) is 0 Å². The summed E-state index contributed by atoms with van der Waals surface area (Å²) in [6, 6.07) is 14.5.